The molecule has 0 N–H and O–H groups in total. The maximum absolute atomic E-state index is 12.8. The van der Waals surface area contributed by atoms with Crippen molar-refractivity contribution in [3.63, 3.8) is 0 Å². The minimum Gasteiger partial charge on any atom is -0.315 e. The Bertz CT molecular complexity index is 1190. The van der Waals surface area contributed by atoms with Crippen molar-refractivity contribution >= 4 is 34.4 Å². The maximum Gasteiger partial charge on any atom is 0.223 e. The van der Waals surface area contributed by atoms with Gasteiger partial charge in [0, 0.05) is 31.4 Å². The lowest BCUT2D eigenvalue weighted by Crippen LogP contribution is -2.23. The minimum absolute atomic E-state index is 0.0388. The standard InChI is InChI=1S/C21H18N4O2S/c1-13-6-7-15(11-18(13)24(3)14(2)26)17-8-9-22-21-16(12-23-25(17)21)20(27)19-5-4-10-28-19/h4-12H,1-3H3. The summed E-state index contributed by atoms with van der Waals surface area (Å²) < 4.78 is 1.67. The maximum atomic E-state index is 12.8. The molecular weight excluding hydrogens is 372 g/mol. The first-order chi connectivity index (χ1) is 13.5. The van der Waals surface area contributed by atoms with E-state index in [-0.39, 0.29) is 11.7 Å². The Morgan fingerprint density at radius 1 is 1.18 bits per heavy atom. The van der Waals surface area contributed by atoms with Crippen LogP contribution < -0.4 is 4.90 Å². The van der Waals surface area contributed by atoms with Crippen molar-refractivity contribution in [1.82, 2.24) is 14.6 Å². The third kappa shape index (κ3) is 2.99. The zero-order valence-corrected chi connectivity index (χ0v) is 16.5. The summed E-state index contributed by atoms with van der Waals surface area (Å²) in [6.45, 7) is 3.50. The second-order valence-corrected chi connectivity index (χ2v) is 7.46. The molecule has 28 heavy (non-hydrogen) atoms. The van der Waals surface area contributed by atoms with Crippen LogP contribution in [-0.4, -0.2) is 33.3 Å². The summed E-state index contributed by atoms with van der Waals surface area (Å²) in [6, 6.07) is 11.4. The molecule has 0 unspecified atom stereocenters. The molecule has 0 spiro atoms. The molecule has 0 aliphatic carbocycles. The number of thiophene rings is 1. The van der Waals surface area contributed by atoms with Gasteiger partial charge < -0.3 is 4.90 Å². The Kier molecular flexibility index (Phi) is 4.52. The first kappa shape index (κ1) is 18.1. The Morgan fingerprint density at radius 3 is 2.71 bits per heavy atom. The van der Waals surface area contributed by atoms with Gasteiger partial charge in [0.25, 0.3) is 0 Å². The summed E-state index contributed by atoms with van der Waals surface area (Å²) in [5.41, 5.74) is 4.50. The van der Waals surface area contributed by atoms with Gasteiger partial charge in [-0.15, -0.1) is 11.3 Å². The van der Waals surface area contributed by atoms with Gasteiger partial charge in [0.2, 0.25) is 11.7 Å². The van der Waals surface area contributed by atoms with E-state index in [0.717, 1.165) is 22.5 Å². The molecule has 1 amide bonds. The van der Waals surface area contributed by atoms with E-state index < -0.39 is 0 Å². The normalized spacial score (nSPS) is 11.0. The molecule has 0 bridgehead atoms. The fourth-order valence-electron chi connectivity index (χ4n) is 3.11. The predicted molar refractivity (Wildman–Crippen MR) is 110 cm³/mol. The average molecular weight is 390 g/mol. The van der Waals surface area contributed by atoms with Crippen molar-refractivity contribution in [2.75, 3.05) is 11.9 Å². The van der Waals surface area contributed by atoms with E-state index in [4.69, 9.17) is 0 Å². The van der Waals surface area contributed by atoms with Crippen LogP contribution >= 0.6 is 11.3 Å². The van der Waals surface area contributed by atoms with Crippen molar-refractivity contribution in [2.45, 2.75) is 13.8 Å². The summed E-state index contributed by atoms with van der Waals surface area (Å²) >= 11 is 1.40. The number of amides is 1. The number of rotatable bonds is 4. The number of fused-ring (bicyclic) bond motifs is 1. The number of hydrogen-bond acceptors (Lipinski definition) is 5. The van der Waals surface area contributed by atoms with Gasteiger partial charge in [-0.05, 0) is 36.1 Å². The highest BCUT2D eigenvalue weighted by molar-refractivity contribution is 7.12. The molecule has 0 aliphatic heterocycles. The highest BCUT2D eigenvalue weighted by Crippen LogP contribution is 2.28. The summed E-state index contributed by atoms with van der Waals surface area (Å²) in [5.74, 6) is -0.126. The molecule has 1 aromatic carbocycles. The monoisotopic (exact) mass is 390 g/mol. The molecule has 140 valence electrons. The number of ketones is 1. The number of aromatic nitrogens is 3. The molecule has 4 rings (SSSR count). The van der Waals surface area contributed by atoms with Crippen molar-refractivity contribution in [2.24, 2.45) is 0 Å². The van der Waals surface area contributed by atoms with Crippen LogP contribution in [0.1, 0.15) is 27.7 Å². The fourth-order valence-corrected chi connectivity index (χ4v) is 3.79. The molecule has 0 saturated carbocycles. The van der Waals surface area contributed by atoms with Gasteiger partial charge in [0.15, 0.2) is 5.65 Å². The summed E-state index contributed by atoms with van der Waals surface area (Å²) in [5, 5.41) is 6.29. The van der Waals surface area contributed by atoms with E-state index in [1.54, 1.807) is 34.9 Å². The first-order valence-electron chi connectivity index (χ1n) is 8.73. The van der Waals surface area contributed by atoms with E-state index in [0.29, 0.717) is 16.1 Å². The van der Waals surface area contributed by atoms with Gasteiger partial charge in [-0.1, -0.05) is 18.2 Å². The predicted octanol–water partition coefficient (Wildman–Crippen LogP) is 3.98. The molecule has 3 heterocycles. The molecule has 0 fully saturated rings. The van der Waals surface area contributed by atoms with Gasteiger partial charge in [-0.25, -0.2) is 9.50 Å². The third-order valence-corrected chi connectivity index (χ3v) is 5.60. The van der Waals surface area contributed by atoms with Gasteiger partial charge in [0.05, 0.1) is 22.3 Å². The lowest BCUT2D eigenvalue weighted by molar-refractivity contribution is -0.116. The van der Waals surface area contributed by atoms with Crippen LogP contribution in [0.5, 0.6) is 0 Å². The van der Waals surface area contributed by atoms with Crippen molar-refractivity contribution in [1.29, 1.82) is 0 Å². The molecular formula is C21H18N4O2S. The van der Waals surface area contributed by atoms with Crippen molar-refractivity contribution < 1.29 is 9.59 Å². The fraction of sp³-hybridized carbons (Fsp3) is 0.143. The summed E-state index contributed by atoms with van der Waals surface area (Å²) in [4.78, 5) is 31.2. The lowest BCUT2D eigenvalue weighted by Gasteiger charge is -2.19. The first-order valence-corrected chi connectivity index (χ1v) is 9.61. The quantitative estimate of drug-likeness (QED) is 0.494. The second-order valence-electron chi connectivity index (χ2n) is 6.51. The molecule has 3 aromatic heterocycles. The minimum atomic E-state index is -0.0874. The molecule has 4 aromatic rings. The van der Waals surface area contributed by atoms with Crippen LogP contribution in [0.15, 0.2) is 54.2 Å². The molecule has 0 saturated heterocycles. The SMILES string of the molecule is CC(=O)N(C)c1cc(-c2ccnc3c(C(=O)c4cccs4)cnn23)ccc1C. The van der Waals surface area contributed by atoms with E-state index in [9.17, 15) is 9.59 Å². The van der Waals surface area contributed by atoms with Gasteiger partial charge >= 0.3 is 0 Å². The zero-order chi connectivity index (χ0) is 19.8. The van der Waals surface area contributed by atoms with Crippen LogP contribution in [0.25, 0.3) is 16.9 Å². The molecule has 0 aliphatic rings. The van der Waals surface area contributed by atoms with E-state index in [1.807, 2.05) is 42.6 Å². The highest BCUT2D eigenvalue weighted by Gasteiger charge is 2.19. The molecule has 7 heteroatoms. The Balaban J connectivity index is 1.84. The zero-order valence-electron chi connectivity index (χ0n) is 15.7. The van der Waals surface area contributed by atoms with Gasteiger partial charge in [-0.3, -0.25) is 9.59 Å². The van der Waals surface area contributed by atoms with Crippen LogP contribution in [0.3, 0.4) is 0 Å². The number of anilines is 1. The number of nitrogens with zero attached hydrogens (tertiary/aromatic N) is 4. The summed E-state index contributed by atoms with van der Waals surface area (Å²) in [7, 11) is 1.75. The van der Waals surface area contributed by atoms with E-state index in [1.165, 1.54) is 18.3 Å². The molecule has 0 atom stereocenters. The summed E-state index contributed by atoms with van der Waals surface area (Å²) in [6.07, 6.45) is 3.23. The van der Waals surface area contributed by atoms with Gasteiger partial charge in [0.1, 0.15) is 0 Å². The number of carbonyl (C=O) groups is 2. The topological polar surface area (TPSA) is 67.6 Å². The second kappa shape index (κ2) is 7.01. The highest BCUT2D eigenvalue weighted by atomic mass is 32.1. The van der Waals surface area contributed by atoms with Gasteiger partial charge in [-0.2, -0.15) is 5.10 Å². The van der Waals surface area contributed by atoms with Crippen molar-refractivity contribution in [3.8, 4) is 11.3 Å². The third-order valence-electron chi connectivity index (χ3n) is 4.73. The van der Waals surface area contributed by atoms with Crippen molar-refractivity contribution in [3.05, 3.63) is 70.2 Å². The number of carbonyl (C=O) groups excluding carboxylic acids is 2. The lowest BCUT2D eigenvalue weighted by atomic mass is 10.1. The Labute approximate surface area is 166 Å². The Hall–Kier alpha value is -3.32. The van der Waals surface area contributed by atoms with Crippen LogP contribution in [0.4, 0.5) is 5.69 Å². The molecule has 0 radical (unpaired) electrons. The van der Waals surface area contributed by atoms with Crippen LogP contribution in [0, 0.1) is 6.92 Å². The average Bonchev–Trinajstić information content (AvgIpc) is 3.37. The number of aryl methyl sites for hydroxylation is 1. The number of hydrogen-bond donors (Lipinski definition) is 0. The smallest absolute Gasteiger partial charge is 0.223 e. The van der Waals surface area contributed by atoms with Crippen LogP contribution in [-0.2, 0) is 4.79 Å². The Morgan fingerprint density at radius 2 is 2.00 bits per heavy atom. The van der Waals surface area contributed by atoms with E-state index in [2.05, 4.69) is 10.1 Å². The van der Waals surface area contributed by atoms with E-state index >= 15 is 0 Å². The van der Waals surface area contributed by atoms with Crippen LogP contribution in [0.2, 0.25) is 0 Å². The number of benzene rings is 1. The largest absolute Gasteiger partial charge is 0.315 e. The molecule has 6 nitrogen and oxygen atoms in total.